The molecule has 0 radical (unpaired) electrons. The second kappa shape index (κ2) is 9.83. The second-order valence-electron chi connectivity index (χ2n) is 8.68. The zero-order chi connectivity index (χ0) is 21.8. The molecule has 2 amide bonds. The number of ether oxygens (including phenoxy) is 2. The Morgan fingerprint density at radius 2 is 1.58 bits per heavy atom. The fourth-order valence-corrected chi connectivity index (χ4v) is 4.48. The van der Waals surface area contributed by atoms with Gasteiger partial charge >= 0.3 is 0 Å². The van der Waals surface area contributed by atoms with Crippen LogP contribution in [0.2, 0.25) is 0 Å². The van der Waals surface area contributed by atoms with E-state index in [1.54, 1.807) is 0 Å². The van der Waals surface area contributed by atoms with Crippen LogP contribution in [0.5, 0.6) is 5.75 Å². The maximum Gasteiger partial charge on any atom is 0.277 e. The van der Waals surface area contributed by atoms with Gasteiger partial charge in [0.2, 0.25) is 0 Å². The standard InChI is InChI=1S/C24H33N3O4/c1-18(2)31-20-8-6-19(7-9-20)21-22(26-10-4-3-5-11-26)24(29)27(23(21)28)13-12-25-14-16-30-17-15-25/h6-9,18H,3-5,10-17H2,1-2H3. The molecule has 0 bridgehead atoms. The molecule has 168 valence electrons. The van der Waals surface area contributed by atoms with Gasteiger partial charge in [0.1, 0.15) is 11.4 Å². The minimum absolute atomic E-state index is 0.0827. The number of piperidine rings is 1. The molecule has 3 heterocycles. The molecule has 1 aromatic rings. The predicted molar refractivity (Wildman–Crippen MR) is 119 cm³/mol. The van der Waals surface area contributed by atoms with E-state index in [-0.39, 0.29) is 17.9 Å². The maximum absolute atomic E-state index is 13.5. The summed E-state index contributed by atoms with van der Waals surface area (Å²) in [7, 11) is 0. The summed E-state index contributed by atoms with van der Waals surface area (Å²) >= 11 is 0. The van der Waals surface area contributed by atoms with Gasteiger partial charge in [-0.25, -0.2) is 0 Å². The van der Waals surface area contributed by atoms with Gasteiger partial charge in [-0.05, 0) is 50.8 Å². The van der Waals surface area contributed by atoms with Gasteiger partial charge in [-0.1, -0.05) is 12.1 Å². The van der Waals surface area contributed by atoms with Crippen LogP contribution in [0.15, 0.2) is 30.0 Å². The molecule has 7 nitrogen and oxygen atoms in total. The monoisotopic (exact) mass is 427 g/mol. The normalized spacial score (nSPS) is 20.9. The van der Waals surface area contributed by atoms with Crippen molar-refractivity contribution < 1.29 is 19.1 Å². The molecular weight excluding hydrogens is 394 g/mol. The fourth-order valence-electron chi connectivity index (χ4n) is 4.48. The van der Waals surface area contributed by atoms with E-state index in [0.29, 0.717) is 37.6 Å². The molecule has 0 atom stereocenters. The summed E-state index contributed by atoms with van der Waals surface area (Å²) in [6, 6.07) is 7.55. The maximum atomic E-state index is 13.5. The fraction of sp³-hybridized carbons (Fsp3) is 0.583. The quantitative estimate of drug-likeness (QED) is 0.623. The molecule has 2 fully saturated rings. The zero-order valence-corrected chi connectivity index (χ0v) is 18.6. The number of nitrogens with zero attached hydrogens (tertiary/aromatic N) is 3. The zero-order valence-electron chi connectivity index (χ0n) is 18.6. The highest BCUT2D eigenvalue weighted by Gasteiger charge is 2.41. The Hall–Kier alpha value is -2.38. The first-order chi connectivity index (χ1) is 15.0. The van der Waals surface area contributed by atoms with Crippen molar-refractivity contribution in [2.24, 2.45) is 0 Å². The van der Waals surface area contributed by atoms with Gasteiger partial charge in [0.25, 0.3) is 11.8 Å². The number of morpholine rings is 1. The van der Waals surface area contributed by atoms with Crippen molar-refractivity contribution in [3.05, 3.63) is 35.5 Å². The number of imide groups is 1. The smallest absolute Gasteiger partial charge is 0.277 e. The van der Waals surface area contributed by atoms with Crippen LogP contribution in [0.1, 0.15) is 38.7 Å². The number of likely N-dealkylation sites (tertiary alicyclic amines) is 1. The molecule has 0 spiro atoms. The third-order valence-electron chi connectivity index (χ3n) is 6.07. The molecular formula is C24H33N3O4. The SMILES string of the molecule is CC(C)Oc1ccc(C2=C(N3CCCCC3)C(=O)N(CCN3CCOCC3)C2=O)cc1. The summed E-state index contributed by atoms with van der Waals surface area (Å²) in [6.45, 7) is 9.79. The van der Waals surface area contributed by atoms with E-state index in [0.717, 1.165) is 50.3 Å². The summed E-state index contributed by atoms with van der Waals surface area (Å²) in [5.41, 5.74) is 1.89. The topological polar surface area (TPSA) is 62.3 Å². The van der Waals surface area contributed by atoms with E-state index in [1.165, 1.54) is 11.3 Å². The van der Waals surface area contributed by atoms with Crippen molar-refractivity contribution >= 4 is 17.4 Å². The van der Waals surface area contributed by atoms with Crippen LogP contribution in [-0.4, -0.2) is 85.1 Å². The molecule has 0 aliphatic carbocycles. The molecule has 0 N–H and O–H groups in total. The highest BCUT2D eigenvalue weighted by Crippen LogP contribution is 2.33. The van der Waals surface area contributed by atoms with E-state index in [4.69, 9.17) is 9.47 Å². The molecule has 2 saturated heterocycles. The lowest BCUT2D eigenvalue weighted by Crippen LogP contribution is -2.44. The Morgan fingerprint density at radius 1 is 0.903 bits per heavy atom. The predicted octanol–water partition coefficient (Wildman–Crippen LogP) is 2.37. The van der Waals surface area contributed by atoms with Crippen molar-refractivity contribution in [3.8, 4) is 5.75 Å². The Morgan fingerprint density at radius 3 is 2.23 bits per heavy atom. The molecule has 4 rings (SSSR count). The van der Waals surface area contributed by atoms with Gasteiger partial charge in [0.15, 0.2) is 0 Å². The summed E-state index contributed by atoms with van der Waals surface area (Å²) < 4.78 is 11.1. The van der Waals surface area contributed by atoms with Gasteiger partial charge in [0.05, 0.1) is 24.9 Å². The van der Waals surface area contributed by atoms with Crippen LogP contribution >= 0.6 is 0 Å². The van der Waals surface area contributed by atoms with Crippen LogP contribution in [0, 0.1) is 0 Å². The van der Waals surface area contributed by atoms with Gasteiger partial charge < -0.3 is 14.4 Å². The van der Waals surface area contributed by atoms with Gasteiger partial charge in [-0.15, -0.1) is 0 Å². The third-order valence-corrected chi connectivity index (χ3v) is 6.07. The lowest BCUT2D eigenvalue weighted by molar-refractivity contribution is -0.138. The van der Waals surface area contributed by atoms with Crippen LogP contribution < -0.4 is 4.74 Å². The number of carbonyl (C=O) groups is 2. The number of rotatable bonds is 7. The molecule has 31 heavy (non-hydrogen) atoms. The van der Waals surface area contributed by atoms with Gasteiger partial charge in [-0.3, -0.25) is 19.4 Å². The molecule has 7 heteroatoms. The average Bonchev–Trinajstić information content (AvgIpc) is 3.03. The van der Waals surface area contributed by atoms with Crippen LogP contribution in [0.4, 0.5) is 0 Å². The molecule has 1 aromatic carbocycles. The molecule has 0 aromatic heterocycles. The van der Waals surface area contributed by atoms with Crippen LogP contribution in [0.3, 0.4) is 0 Å². The first-order valence-corrected chi connectivity index (χ1v) is 11.5. The van der Waals surface area contributed by atoms with Crippen LogP contribution in [0.25, 0.3) is 5.57 Å². The average molecular weight is 428 g/mol. The van der Waals surface area contributed by atoms with Gasteiger partial charge in [0, 0.05) is 39.3 Å². The number of carbonyl (C=O) groups excluding carboxylic acids is 2. The Bertz CT molecular complexity index is 822. The lowest BCUT2D eigenvalue weighted by Gasteiger charge is -2.30. The number of amides is 2. The first-order valence-electron chi connectivity index (χ1n) is 11.5. The van der Waals surface area contributed by atoms with Crippen molar-refractivity contribution in [3.63, 3.8) is 0 Å². The van der Waals surface area contributed by atoms with Crippen LogP contribution in [-0.2, 0) is 14.3 Å². The summed E-state index contributed by atoms with van der Waals surface area (Å²) in [5, 5.41) is 0. The van der Waals surface area contributed by atoms with E-state index >= 15 is 0 Å². The number of hydrogen-bond acceptors (Lipinski definition) is 6. The minimum atomic E-state index is -0.184. The first kappa shape index (κ1) is 21.8. The Kier molecular flexibility index (Phi) is 6.92. The van der Waals surface area contributed by atoms with E-state index < -0.39 is 0 Å². The number of benzene rings is 1. The van der Waals surface area contributed by atoms with Crippen molar-refractivity contribution in [2.75, 3.05) is 52.5 Å². The molecule has 3 aliphatic rings. The molecule has 0 saturated carbocycles. The summed E-state index contributed by atoms with van der Waals surface area (Å²) in [5.74, 6) is 0.425. The largest absolute Gasteiger partial charge is 0.491 e. The second-order valence-corrected chi connectivity index (χ2v) is 8.68. The van der Waals surface area contributed by atoms with E-state index in [2.05, 4.69) is 9.80 Å². The van der Waals surface area contributed by atoms with Crippen molar-refractivity contribution in [1.82, 2.24) is 14.7 Å². The summed E-state index contributed by atoms with van der Waals surface area (Å²) in [4.78, 5) is 32.7. The minimum Gasteiger partial charge on any atom is -0.491 e. The molecule has 0 unspecified atom stereocenters. The highest BCUT2D eigenvalue weighted by molar-refractivity contribution is 6.35. The summed E-state index contributed by atoms with van der Waals surface area (Å²) in [6.07, 6.45) is 3.35. The molecule has 3 aliphatic heterocycles. The van der Waals surface area contributed by atoms with E-state index in [1.807, 2.05) is 38.1 Å². The Balaban J connectivity index is 1.58. The third kappa shape index (κ3) is 4.93. The van der Waals surface area contributed by atoms with Crippen molar-refractivity contribution in [2.45, 2.75) is 39.2 Å². The lowest BCUT2D eigenvalue weighted by atomic mass is 10.0. The number of hydrogen-bond donors (Lipinski definition) is 0. The van der Waals surface area contributed by atoms with Crippen molar-refractivity contribution in [1.29, 1.82) is 0 Å². The highest BCUT2D eigenvalue weighted by atomic mass is 16.5. The van der Waals surface area contributed by atoms with E-state index in [9.17, 15) is 9.59 Å². The van der Waals surface area contributed by atoms with Gasteiger partial charge in [-0.2, -0.15) is 0 Å². The Labute approximate surface area is 184 Å².